The lowest BCUT2D eigenvalue weighted by atomic mass is 9.91. The van der Waals surface area contributed by atoms with Gasteiger partial charge in [0.15, 0.2) is 0 Å². The number of nitrogens with zero attached hydrogens (tertiary/aromatic N) is 1. The molecule has 100 valence electrons. The van der Waals surface area contributed by atoms with E-state index >= 15 is 0 Å². The van der Waals surface area contributed by atoms with Gasteiger partial charge in [-0.15, -0.1) is 0 Å². The largest absolute Gasteiger partial charge is 0.316 e. The Morgan fingerprint density at radius 1 is 1.16 bits per heavy atom. The second-order valence-electron chi connectivity index (χ2n) is 6.09. The topological polar surface area (TPSA) is 32.3 Å². The number of fused-ring (bicyclic) bond motifs is 3. The molecule has 3 nitrogen and oxygen atoms in total. The van der Waals surface area contributed by atoms with Crippen molar-refractivity contribution in [3.63, 3.8) is 0 Å². The molecule has 3 fully saturated rings. The molecule has 0 radical (unpaired) electrons. The lowest BCUT2D eigenvalue weighted by molar-refractivity contribution is -0.132. The van der Waals surface area contributed by atoms with Crippen LogP contribution in [-0.2, 0) is 10.5 Å². The Kier molecular flexibility index (Phi) is 2.46. The van der Waals surface area contributed by atoms with E-state index in [2.05, 4.69) is 34.5 Å². The molecule has 1 saturated carbocycles. The summed E-state index contributed by atoms with van der Waals surface area (Å²) >= 11 is 0. The van der Waals surface area contributed by atoms with E-state index in [0.717, 1.165) is 12.8 Å². The minimum atomic E-state index is -0.210. The van der Waals surface area contributed by atoms with Gasteiger partial charge < -0.3 is 4.90 Å². The Bertz CT molecular complexity index is 501. The van der Waals surface area contributed by atoms with Gasteiger partial charge in [0.25, 0.3) is 0 Å². The third-order valence-corrected chi connectivity index (χ3v) is 5.12. The minimum Gasteiger partial charge on any atom is -0.316 e. The van der Waals surface area contributed by atoms with Crippen molar-refractivity contribution in [3.8, 4) is 0 Å². The fourth-order valence-corrected chi connectivity index (χ4v) is 4.33. The lowest BCUT2D eigenvalue weighted by Gasteiger charge is -2.35. The highest BCUT2D eigenvalue weighted by Gasteiger charge is 2.57. The molecule has 0 unspecified atom stereocenters. The zero-order chi connectivity index (χ0) is 12.9. The van der Waals surface area contributed by atoms with Crippen molar-refractivity contribution in [2.75, 3.05) is 0 Å². The SMILES string of the molecule is O=C1CC[C@@]2(c3ccccc3)N[C@@H]3CCCC[C@@H]3N12. The van der Waals surface area contributed by atoms with Crippen LogP contribution in [0.2, 0.25) is 0 Å². The van der Waals surface area contributed by atoms with Gasteiger partial charge >= 0.3 is 0 Å². The highest BCUT2D eigenvalue weighted by molar-refractivity contribution is 5.81. The van der Waals surface area contributed by atoms with E-state index in [9.17, 15) is 4.79 Å². The summed E-state index contributed by atoms with van der Waals surface area (Å²) in [5.41, 5.74) is 1.05. The van der Waals surface area contributed by atoms with E-state index in [1.807, 2.05) is 6.07 Å². The summed E-state index contributed by atoms with van der Waals surface area (Å²) in [5.74, 6) is 0.339. The van der Waals surface area contributed by atoms with E-state index in [-0.39, 0.29) is 5.66 Å². The first kappa shape index (κ1) is 11.5. The molecule has 3 atom stereocenters. The number of nitrogens with one attached hydrogen (secondary N) is 1. The molecule has 1 aromatic carbocycles. The van der Waals surface area contributed by atoms with Crippen molar-refractivity contribution >= 4 is 5.91 Å². The van der Waals surface area contributed by atoms with E-state index < -0.39 is 0 Å². The predicted octanol–water partition coefficient (Wildman–Crippen LogP) is 2.38. The van der Waals surface area contributed by atoms with Crippen LogP contribution < -0.4 is 5.32 Å². The molecule has 1 amide bonds. The fourth-order valence-electron chi connectivity index (χ4n) is 4.33. The Morgan fingerprint density at radius 3 is 2.79 bits per heavy atom. The fraction of sp³-hybridized carbons (Fsp3) is 0.562. The summed E-state index contributed by atoms with van der Waals surface area (Å²) < 4.78 is 0. The summed E-state index contributed by atoms with van der Waals surface area (Å²) in [5, 5.41) is 3.82. The van der Waals surface area contributed by atoms with Gasteiger partial charge in [0.05, 0.1) is 0 Å². The van der Waals surface area contributed by atoms with E-state index in [4.69, 9.17) is 0 Å². The molecule has 1 aromatic rings. The average Bonchev–Trinajstić information content (AvgIpc) is 2.96. The van der Waals surface area contributed by atoms with E-state index in [1.165, 1.54) is 24.8 Å². The number of benzene rings is 1. The van der Waals surface area contributed by atoms with Crippen molar-refractivity contribution in [2.45, 2.75) is 56.3 Å². The predicted molar refractivity (Wildman–Crippen MR) is 73.4 cm³/mol. The van der Waals surface area contributed by atoms with Crippen LogP contribution in [0.5, 0.6) is 0 Å². The Labute approximate surface area is 114 Å². The van der Waals surface area contributed by atoms with Crippen LogP contribution in [0.3, 0.4) is 0 Å². The van der Waals surface area contributed by atoms with Crippen LogP contribution in [0.4, 0.5) is 0 Å². The molecule has 0 bridgehead atoms. The molecule has 0 aromatic heterocycles. The summed E-state index contributed by atoms with van der Waals surface area (Å²) in [4.78, 5) is 14.6. The maximum Gasteiger partial charge on any atom is 0.224 e. The molecule has 3 aliphatic rings. The maximum atomic E-state index is 12.4. The molecule has 2 aliphatic heterocycles. The number of hydrogen-bond acceptors (Lipinski definition) is 2. The van der Waals surface area contributed by atoms with E-state index in [0.29, 0.717) is 24.4 Å². The molecular weight excluding hydrogens is 236 g/mol. The Hall–Kier alpha value is -1.35. The first-order chi connectivity index (χ1) is 9.31. The van der Waals surface area contributed by atoms with Gasteiger partial charge in [-0.25, -0.2) is 0 Å². The Morgan fingerprint density at radius 2 is 1.95 bits per heavy atom. The van der Waals surface area contributed by atoms with Crippen LogP contribution >= 0.6 is 0 Å². The molecule has 0 spiro atoms. The highest BCUT2D eigenvalue weighted by Crippen LogP contribution is 2.47. The number of amides is 1. The second kappa shape index (κ2) is 4.07. The van der Waals surface area contributed by atoms with Crippen molar-refractivity contribution < 1.29 is 4.79 Å². The van der Waals surface area contributed by atoms with Crippen LogP contribution in [0.1, 0.15) is 44.1 Å². The van der Waals surface area contributed by atoms with Gasteiger partial charge in [-0.05, 0) is 24.8 Å². The van der Waals surface area contributed by atoms with E-state index in [1.54, 1.807) is 0 Å². The number of hydrogen-bond donors (Lipinski definition) is 1. The van der Waals surface area contributed by atoms with Crippen LogP contribution in [0.15, 0.2) is 30.3 Å². The van der Waals surface area contributed by atoms with Crippen LogP contribution in [0, 0.1) is 0 Å². The van der Waals surface area contributed by atoms with Crippen molar-refractivity contribution in [1.29, 1.82) is 0 Å². The maximum absolute atomic E-state index is 12.4. The third kappa shape index (κ3) is 1.51. The van der Waals surface area contributed by atoms with Crippen molar-refractivity contribution in [1.82, 2.24) is 10.2 Å². The standard InChI is InChI=1S/C16H20N2O/c19-15-10-11-16(12-6-2-1-3-7-12)17-13-8-4-5-9-14(13)18(15)16/h1-3,6-7,13-14,17H,4-5,8-11H2/t13-,14+,16-/m1/s1. The highest BCUT2D eigenvalue weighted by atomic mass is 16.2. The summed E-state index contributed by atoms with van der Waals surface area (Å²) in [6.07, 6.45) is 6.54. The molecule has 3 heteroatoms. The van der Waals surface area contributed by atoms with Crippen LogP contribution in [0.25, 0.3) is 0 Å². The third-order valence-electron chi connectivity index (χ3n) is 5.12. The summed E-state index contributed by atoms with van der Waals surface area (Å²) in [6, 6.07) is 11.4. The minimum absolute atomic E-state index is 0.210. The molecule has 2 heterocycles. The summed E-state index contributed by atoms with van der Waals surface area (Å²) in [7, 11) is 0. The number of carbonyl (C=O) groups excluding carboxylic acids is 1. The molecule has 4 rings (SSSR count). The number of rotatable bonds is 1. The van der Waals surface area contributed by atoms with Crippen molar-refractivity contribution in [2.24, 2.45) is 0 Å². The monoisotopic (exact) mass is 256 g/mol. The van der Waals surface area contributed by atoms with Gasteiger partial charge in [0.2, 0.25) is 5.91 Å². The molecule has 1 N–H and O–H groups in total. The quantitative estimate of drug-likeness (QED) is 0.836. The van der Waals surface area contributed by atoms with Gasteiger partial charge in [-0.2, -0.15) is 0 Å². The molecule has 19 heavy (non-hydrogen) atoms. The second-order valence-corrected chi connectivity index (χ2v) is 6.09. The average molecular weight is 256 g/mol. The molecule has 1 aliphatic carbocycles. The molecular formula is C16H20N2O. The van der Waals surface area contributed by atoms with Gasteiger partial charge in [-0.3, -0.25) is 10.1 Å². The van der Waals surface area contributed by atoms with Gasteiger partial charge in [0.1, 0.15) is 5.66 Å². The smallest absolute Gasteiger partial charge is 0.224 e. The van der Waals surface area contributed by atoms with Gasteiger partial charge in [0, 0.05) is 18.5 Å². The van der Waals surface area contributed by atoms with Gasteiger partial charge in [-0.1, -0.05) is 43.2 Å². The summed E-state index contributed by atoms with van der Waals surface area (Å²) in [6.45, 7) is 0. The first-order valence-corrected chi connectivity index (χ1v) is 7.47. The first-order valence-electron chi connectivity index (χ1n) is 7.47. The Balaban J connectivity index is 1.80. The number of carbonyl (C=O) groups is 1. The zero-order valence-corrected chi connectivity index (χ0v) is 11.1. The normalized spacial score (nSPS) is 37.3. The lowest BCUT2D eigenvalue weighted by Crippen LogP contribution is -2.47. The van der Waals surface area contributed by atoms with Crippen LogP contribution in [-0.4, -0.2) is 22.9 Å². The zero-order valence-electron chi connectivity index (χ0n) is 11.1. The molecule has 2 saturated heterocycles. The van der Waals surface area contributed by atoms with Crippen molar-refractivity contribution in [3.05, 3.63) is 35.9 Å².